The van der Waals surface area contributed by atoms with Crippen molar-refractivity contribution < 1.29 is 19.7 Å². The lowest BCUT2D eigenvalue weighted by Crippen LogP contribution is -2.44. The second-order valence-electron chi connectivity index (χ2n) is 9.00. The number of carbonyl (C=O) groups is 1. The molecule has 35 heavy (non-hydrogen) atoms. The average Bonchev–Trinajstić information content (AvgIpc) is 3.14. The topological polar surface area (TPSA) is 122 Å². The fourth-order valence-corrected chi connectivity index (χ4v) is 4.01. The molecule has 2 atom stereocenters. The molecule has 1 amide bonds. The zero-order valence-corrected chi connectivity index (χ0v) is 20.7. The monoisotopic (exact) mass is 497 g/mol. The Kier molecular flexibility index (Phi) is 6.93. The van der Waals surface area contributed by atoms with E-state index >= 15 is 0 Å². The van der Waals surface area contributed by atoms with Gasteiger partial charge in [-0.05, 0) is 51.1 Å². The van der Waals surface area contributed by atoms with Crippen LogP contribution in [0, 0.1) is 6.92 Å². The van der Waals surface area contributed by atoms with E-state index in [2.05, 4.69) is 15.5 Å². The van der Waals surface area contributed by atoms with E-state index in [4.69, 9.17) is 21.3 Å². The minimum absolute atomic E-state index is 0.0288. The number of hydrogen-bond donors (Lipinski definition) is 3. The highest BCUT2D eigenvalue weighted by Crippen LogP contribution is 2.34. The van der Waals surface area contributed by atoms with Crippen LogP contribution < -0.4 is 10.1 Å². The van der Waals surface area contributed by atoms with Gasteiger partial charge >= 0.3 is 0 Å². The molecule has 0 spiro atoms. The zero-order valence-electron chi connectivity index (χ0n) is 20.0. The standard InChI is InChI=1S/C25H28ClN5O4/c1-14-29-30-24-19(12-22(33)27-13-21(32)25(2,3)34)28-23(15-5-7-16(26)8-6-15)18-11-17(35-4)9-10-20(18)31(14)24/h5-11,19,21,32,34H,12-13H2,1-4H3,(H,27,33)/t19-,21?/m0/s1. The summed E-state index contributed by atoms with van der Waals surface area (Å²) in [5.74, 6) is 1.50. The number of aromatic nitrogens is 3. The summed E-state index contributed by atoms with van der Waals surface area (Å²) in [7, 11) is 1.60. The molecule has 0 aliphatic carbocycles. The summed E-state index contributed by atoms with van der Waals surface area (Å²) >= 11 is 6.12. The molecule has 0 radical (unpaired) electrons. The molecule has 10 heteroatoms. The Labute approximate surface area is 208 Å². The third-order valence-corrected chi connectivity index (χ3v) is 6.19. The van der Waals surface area contributed by atoms with Gasteiger partial charge in [-0.1, -0.05) is 23.7 Å². The van der Waals surface area contributed by atoms with Crippen molar-refractivity contribution in [2.45, 2.75) is 44.9 Å². The fraction of sp³-hybridized carbons (Fsp3) is 0.360. The van der Waals surface area contributed by atoms with Crippen molar-refractivity contribution in [3.63, 3.8) is 0 Å². The smallest absolute Gasteiger partial charge is 0.222 e. The van der Waals surface area contributed by atoms with E-state index in [0.717, 1.165) is 16.8 Å². The average molecular weight is 498 g/mol. The van der Waals surface area contributed by atoms with E-state index in [9.17, 15) is 15.0 Å². The predicted molar refractivity (Wildman–Crippen MR) is 132 cm³/mol. The minimum Gasteiger partial charge on any atom is -0.497 e. The van der Waals surface area contributed by atoms with Gasteiger partial charge in [0.2, 0.25) is 5.91 Å². The van der Waals surface area contributed by atoms with Gasteiger partial charge in [-0.25, -0.2) is 0 Å². The molecule has 3 aromatic rings. The molecule has 2 aromatic carbocycles. The molecule has 3 N–H and O–H groups in total. The number of aliphatic hydroxyl groups is 2. The Balaban J connectivity index is 1.78. The number of amides is 1. The Bertz CT molecular complexity index is 1260. The van der Waals surface area contributed by atoms with Crippen molar-refractivity contribution in [2.75, 3.05) is 13.7 Å². The van der Waals surface area contributed by atoms with Crippen molar-refractivity contribution in [3.8, 4) is 11.4 Å². The van der Waals surface area contributed by atoms with Gasteiger partial charge in [-0.2, -0.15) is 0 Å². The van der Waals surface area contributed by atoms with Gasteiger partial charge < -0.3 is 20.3 Å². The first kappa shape index (κ1) is 24.8. The van der Waals surface area contributed by atoms with E-state index in [1.54, 1.807) is 19.2 Å². The van der Waals surface area contributed by atoms with Crippen molar-refractivity contribution >= 4 is 23.2 Å². The number of nitrogens with one attached hydrogen (secondary N) is 1. The van der Waals surface area contributed by atoms with Crippen LogP contribution in [0.3, 0.4) is 0 Å². The highest BCUT2D eigenvalue weighted by atomic mass is 35.5. The van der Waals surface area contributed by atoms with Crippen LogP contribution in [-0.2, 0) is 4.79 Å². The molecule has 1 aliphatic heterocycles. The highest BCUT2D eigenvalue weighted by molar-refractivity contribution is 6.30. The number of ether oxygens (including phenoxy) is 1. The van der Waals surface area contributed by atoms with Gasteiger partial charge in [0.15, 0.2) is 5.82 Å². The third-order valence-electron chi connectivity index (χ3n) is 5.94. The van der Waals surface area contributed by atoms with Crippen LogP contribution in [0.15, 0.2) is 47.5 Å². The highest BCUT2D eigenvalue weighted by Gasteiger charge is 2.31. The Morgan fingerprint density at radius 1 is 1.23 bits per heavy atom. The first-order valence-electron chi connectivity index (χ1n) is 11.2. The maximum absolute atomic E-state index is 12.9. The molecule has 1 aliphatic rings. The maximum atomic E-state index is 12.9. The first-order valence-corrected chi connectivity index (χ1v) is 11.6. The number of hydrogen-bond acceptors (Lipinski definition) is 7. The molecule has 1 unspecified atom stereocenters. The van der Waals surface area contributed by atoms with Crippen LogP contribution in [-0.4, -0.2) is 62.0 Å². The van der Waals surface area contributed by atoms with Crippen molar-refractivity contribution in [3.05, 3.63) is 70.3 Å². The fourth-order valence-electron chi connectivity index (χ4n) is 3.88. The number of rotatable bonds is 7. The predicted octanol–water partition coefficient (Wildman–Crippen LogP) is 2.77. The van der Waals surface area contributed by atoms with E-state index in [0.29, 0.717) is 28.1 Å². The zero-order chi connectivity index (χ0) is 25.3. The summed E-state index contributed by atoms with van der Waals surface area (Å²) in [6, 6.07) is 12.3. The van der Waals surface area contributed by atoms with E-state index < -0.39 is 17.7 Å². The Morgan fingerprint density at radius 2 is 1.94 bits per heavy atom. The normalized spacial score (nSPS) is 16.0. The molecular weight excluding hydrogens is 470 g/mol. The lowest BCUT2D eigenvalue weighted by molar-refractivity contribution is -0.123. The van der Waals surface area contributed by atoms with Gasteiger partial charge in [-0.3, -0.25) is 14.4 Å². The van der Waals surface area contributed by atoms with Gasteiger partial charge in [-0.15, -0.1) is 10.2 Å². The Morgan fingerprint density at radius 3 is 2.60 bits per heavy atom. The summed E-state index contributed by atoms with van der Waals surface area (Å²) in [6.45, 7) is 4.71. The molecule has 2 heterocycles. The van der Waals surface area contributed by atoms with E-state index in [1.165, 1.54) is 13.8 Å². The van der Waals surface area contributed by atoms with Gasteiger partial charge in [0.05, 0.1) is 36.6 Å². The number of aryl methyl sites for hydroxylation is 1. The molecule has 0 saturated heterocycles. The summed E-state index contributed by atoms with van der Waals surface area (Å²) < 4.78 is 7.37. The molecule has 9 nitrogen and oxygen atoms in total. The quantitative estimate of drug-likeness (QED) is 0.461. The minimum atomic E-state index is -1.34. The van der Waals surface area contributed by atoms with Crippen molar-refractivity contribution in [1.29, 1.82) is 0 Å². The molecular formula is C25H28ClN5O4. The number of aliphatic hydroxyl groups excluding tert-OH is 1. The molecule has 0 fully saturated rings. The third kappa shape index (κ3) is 5.22. The number of carbonyl (C=O) groups excluding carboxylic acids is 1. The van der Waals surface area contributed by atoms with E-state index in [1.807, 2.05) is 41.8 Å². The largest absolute Gasteiger partial charge is 0.497 e. The first-order chi connectivity index (χ1) is 16.6. The lowest BCUT2D eigenvalue weighted by Gasteiger charge is -2.24. The second kappa shape index (κ2) is 9.77. The summed E-state index contributed by atoms with van der Waals surface area (Å²) in [4.78, 5) is 17.8. The molecule has 0 bridgehead atoms. The number of nitrogens with zero attached hydrogens (tertiary/aromatic N) is 4. The van der Waals surface area contributed by atoms with Crippen LogP contribution in [0.1, 0.15) is 49.1 Å². The number of fused-ring (bicyclic) bond motifs is 3. The van der Waals surface area contributed by atoms with Gasteiger partial charge in [0.1, 0.15) is 17.6 Å². The number of aliphatic imine (C=N–C) groups is 1. The Hall–Kier alpha value is -3.27. The van der Waals surface area contributed by atoms with Crippen LogP contribution in [0.25, 0.3) is 5.69 Å². The number of benzene rings is 2. The molecule has 1 aromatic heterocycles. The van der Waals surface area contributed by atoms with Crippen LogP contribution in [0.2, 0.25) is 5.02 Å². The summed E-state index contributed by atoms with van der Waals surface area (Å²) in [6.07, 6.45) is -1.14. The molecule has 184 valence electrons. The second-order valence-corrected chi connectivity index (χ2v) is 9.44. The van der Waals surface area contributed by atoms with Gasteiger partial charge in [0, 0.05) is 22.7 Å². The molecule has 4 rings (SSSR count). The summed E-state index contributed by atoms with van der Waals surface area (Å²) in [5.41, 5.74) is 1.76. The van der Waals surface area contributed by atoms with Gasteiger partial charge in [0.25, 0.3) is 0 Å². The lowest BCUT2D eigenvalue weighted by atomic mass is 10.00. The molecule has 0 saturated carbocycles. The summed E-state index contributed by atoms with van der Waals surface area (Å²) in [5, 5.41) is 31.9. The van der Waals surface area contributed by atoms with Crippen molar-refractivity contribution in [1.82, 2.24) is 20.1 Å². The number of methoxy groups -OCH3 is 1. The van der Waals surface area contributed by atoms with E-state index in [-0.39, 0.29) is 18.9 Å². The van der Waals surface area contributed by atoms with Crippen LogP contribution in [0.5, 0.6) is 5.75 Å². The van der Waals surface area contributed by atoms with Crippen LogP contribution in [0.4, 0.5) is 0 Å². The van der Waals surface area contributed by atoms with Crippen LogP contribution >= 0.6 is 11.6 Å². The SMILES string of the molecule is COc1ccc2c(c1)C(c1ccc(Cl)cc1)=N[C@@H](CC(=O)NCC(O)C(C)(C)O)c1nnc(C)n1-2. The van der Waals surface area contributed by atoms with Crippen molar-refractivity contribution in [2.24, 2.45) is 4.99 Å². The number of halogens is 1. The maximum Gasteiger partial charge on any atom is 0.222 e.